The summed E-state index contributed by atoms with van der Waals surface area (Å²) in [6.07, 6.45) is 1.35. The Bertz CT molecular complexity index is 1050. The van der Waals surface area contributed by atoms with Crippen LogP contribution in [-0.2, 0) is 14.3 Å². The Labute approximate surface area is 206 Å². The van der Waals surface area contributed by atoms with E-state index in [0.29, 0.717) is 43.7 Å². The molecule has 0 aromatic heterocycles. The lowest BCUT2D eigenvalue weighted by atomic mass is 9.96. The molecule has 35 heavy (non-hydrogen) atoms. The van der Waals surface area contributed by atoms with Gasteiger partial charge in [-0.2, -0.15) is 0 Å². The lowest BCUT2D eigenvalue weighted by Gasteiger charge is -2.44. The van der Waals surface area contributed by atoms with Gasteiger partial charge in [0.05, 0.1) is 19.8 Å². The van der Waals surface area contributed by atoms with Gasteiger partial charge >= 0.3 is 0 Å². The molecule has 1 spiro atoms. The predicted octanol–water partition coefficient (Wildman–Crippen LogP) is 3.14. The maximum Gasteiger partial charge on any atom is 0.256 e. The van der Waals surface area contributed by atoms with E-state index < -0.39 is 11.8 Å². The van der Waals surface area contributed by atoms with E-state index in [9.17, 15) is 14.4 Å². The highest BCUT2D eigenvalue weighted by Crippen LogP contribution is 2.39. The van der Waals surface area contributed by atoms with Crippen LogP contribution in [0.1, 0.15) is 55.1 Å². The molecule has 8 nitrogen and oxygen atoms in total. The molecule has 0 aliphatic carbocycles. The molecular formula is C27H33N3O5. The molecule has 8 heteroatoms. The second-order valence-electron chi connectivity index (χ2n) is 9.05. The topological polar surface area (TPSA) is 88.2 Å². The van der Waals surface area contributed by atoms with Gasteiger partial charge in [0, 0.05) is 37.9 Å². The Morgan fingerprint density at radius 2 is 1.74 bits per heavy atom. The number of ether oxygens (including phenoxy) is 2. The molecule has 2 atom stereocenters. The number of carbonyl (C=O) groups excluding carboxylic acids is 3. The first kappa shape index (κ1) is 24.7. The van der Waals surface area contributed by atoms with Crippen LogP contribution in [-0.4, -0.2) is 66.1 Å². The van der Waals surface area contributed by atoms with E-state index in [-0.39, 0.29) is 30.4 Å². The van der Waals surface area contributed by atoms with Crippen molar-refractivity contribution in [2.75, 3.05) is 26.8 Å². The highest BCUT2D eigenvalue weighted by atomic mass is 16.5. The lowest BCUT2D eigenvalue weighted by Crippen LogP contribution is -2.59. The van der Waals surface area contributed by atoms with Crippen molar-refractivity contribution in [1.82, 2.24) is 15.1 Å². The summed E-state index contributed by atoms with van der Waals surface area (Å²) in [7, 11) is 1.57. The van der Waals surface area contributed by atoms with Gasteiger partial charge in [0.15, 0.2) is 0 Å². The van der Waals surface area contributed by atoms with Gasteiger partial charge in [0.1, 0.15) is 17.5 Å². The maximum atomic E-state index is 13.8. The molecule has 2 aliphatic heterocycles. The molecule has 0 bridgehead atoms. The van der Waals surface area contributed by atoms with Crippen LogP contribution in [0, 0.1) is 0 Å². The average molecular weight is 480 g/mol. The van der Waals surface area contributed by atoms with E-state index in [4.69, 9.17) is 9.47 Å². The van der Waals surface area contributed by atoms with Gasteiger partial charge in [-0.25, -0.2) is 0 Å². The van der Waals surface area contributed by atoms with Crippen molar-refractivity contribution in [3.05, 3.63) is 65.7 Å². The number of benzene rings is 2. The lowest BCUT2D eigenvalue weighted by molar-refractivity contribution is -0.143. The zero-order chi connectivity index (χ0) is 25.0. The molecule has 1 N–H and O–H groups in total. The van der Waals surface area contributed by atoms with Crippen LogP contribution < -0.4 is 10.1 Å². The maximum absolute atomic E-state index is 13.8. The number of carbonyl (C=O) groups is 3. The minimum Gasteiger partial charge on any atom is -0.497 e. The van der Waals surface area contributed by atoms with Crippen LogP contribution in [0.4, 0.5) is 0 Å². The summed E-state index contributed by atoms with van der Waals surface area (Å²) in [4.78, 5) is 42.9. The van der Waals surface area contributed by atoms with Gasteiger partial charge in [-0.15, -0.1) is 0 Å². The number of hydrogen-bond acceptors (Lipinski definition) is 5. The van der Waals surface area contributed by atoms with Crippen molar-refractivity contribution in [1.29, 1.82) is 0 Å². The van der Waals surface area contributed by atoms with Crippen molar-refractivity contribution >= 4 is 17.7 Å². The molecule has 2 aromatic carbocycles. The average Bonchev–Trinajstić information content (AvgIpc) is 3.27. The zero-order valence-electron chi connectivity index (χ0n) is 20.5. The Kier molecular flexibility index (Phi) is 7.40. The number of methoxy groups -OCH3 is 1. The van der Waals surface area contributed by atoms with Gasteiger partial charge in [-0.3, -0.25) is 19.3 Å². The first-order valence-corrected chi connectivity index (χ1v) is 12.1. The third-order valence-corrected chi connectivity index (χ3v) is 6.98. The Morgan fingerprint density at radius 1 is 1.09 bits per heavy atom. The van der Waals surface area contributed by atoms with E-state index in [2.05, 4.69) is 5.32 Å². The van der Waals surface area contributed by atoms with E-state index in [0.717, 1.165) is 5.56 Å². The molecule has 2 aliphatic rings. The number of likely N-dealkylation sites (tertiary alicyclic amines) is 1. The summed E-state index contributed by atoms with van der Waals surface area (Å²) in [5.41, 5.74) is 0.505. The summed E-state index contributed by atoms with van der Waals surface area (Å²) in [5, 5.41) is 3.05. The van der Waals surface area contributed by atoms with Crippen LogP contribution in [0.3, 0.4) is 0 Å². The van der Waals surface area contributed by atoms with Crippen LogP contribution >= 0.6 is 0 Å². The smallest absolute Gasteiger partial charge is 0.256 e. The van der Waals surface area contributed by atoms with Gasteiger partial charge < -0.3 is 19.7 Å². The number of nitrogens with one attached hydrogen (secondary N) is 1. The third-order valence-electron chi connectivity index (χ3n) is 6.98. The summed E-state index contributed by atoms with van der Waals surface area (Å²) >= 11 is 0. The second kappa shape index (κ2) is 10.5. The Morgan fingerprint density at radius 3 is 2.34 bits per heavy atom. The van der Waals surface area contributed by atoms with E-state index >= 15 is 0 Å². The monoisotopic (exact) mass is 479 g/mol. The van der Waals surface area contributed by atoms with Crippen molar-refractivity contribution in [3.8, 4) is 5.75 Å². The van der Waals surface area contributed by atoms with E-state index in [1.165, 1.54) is 0 Å². The number of amides is 3. The van der Waals surface area contributed by atoms with Crippen LogP contribution in [0.25, 0.3) is 0 Å². The molecule has 0 saturated carbocycles. The fourth-order valence-electron chi connectivity index (χ4n) is 4.90. The van der Waals surface area contributed by atoms with Crippen molar-refractivity contribution < 1.29 is 23.9 Å². The van der Waals surface area contributed by atoms with Gasteiger partial charge in [0.2, 0.25) is 11.8 Å². The number of rotatable bonds is 6. The molecular weight excluding hydrogens is 446 g/mol. The molecule has 2 heterocycles. The van der Waals surface area contributed by atoms with Gasteiger partial charge in [-0.05, 0) is 36.8 Å². The highest BCUT2D eigenvalue weighted by Gasteiger charge is 2.54. The van der Waals surface area contributed by atoms with Crippen LogP contribution in [0.5, 0.6) is 5.75 Å². The van der Waals surface area contributed by atoms with Crippen molar-refractivity contribution in [2.45, 2.75) is 50.9 Å². The van der Waals surface area contributed by atoms with Crippen molar-refractivity contribution in [3.63, 3.8) is 0 Å². The minimum absolute atomic E-state index is 0.0804. The largest absolute Gasteiger partial charge is 0.497 e. The summed E-state index contributed by atoms with van der Waals surface area (Å²) in [6.45, 7) is 4.83. The van der Waals surface area contributed by atoms with Crippen molar-refractivity contribution in [2.24, 2.45) is 0 Å². The normalized spacial score (nSPS) is 19.9. The summed E-state index contributed by atoms with van der Waals surface area (Å²) < 4.78 is 11.5. The molecule has 0 radical (unpaired) electrons. The molecule has 4 rings (SSSR count). The third kappa shape index (κ3) is 5.03. The Hall–Kier alpha value is -3.39. The molecule has 3 amide bonds. The second-order valence-corrected chi connectivity index (χ2v) is 9.05. The molecule has 2 saturated heterocycles. The van der Waals surface area contributed by atoms with Crippen LogP contribution in [0.15, 0.2) is 54.6 Å². The number of hydrogen-bond donors (Lipinski definition) is 1. The zero-order valence-corrected chi connectivity index (χ0v) is 20.5. The molecule has 2 fully saturated rings. The fraction of sp³-hybridized carbons (Fsp3) is 0.444. The molecule has 2 aromatic rings. The van der Waals surface area contributed by atoms with Crippen LogP contribution in [0.2, 0.25) is 0 Å². The number of piperidine rings is 1. The standard InChI is InChI=1S/C27H33N3O5/c1-4-24(31)29-16-14-27(15-17-29)30(26(33)21-10-12-22(34-3)13-11-21)23(18-35-27)25(32)28-19(2)20-8-6-5-7-9-20/h5-13,19,23H,4,14-18H2,1-3H3,(H,28,32). The number of nitrogens with zero attached hydrogens (tertiary/aromatic N) is 2. The summed E-state index contributed by atoms with van der Waals surface area (Å²) in [5.74, 6) is 0.197. The van der Waals surface area contributed by atoms with Gasteiger partial charge in [0.25, 0.3) is 5.91 Å². The molecule has 186 valence electrons. The minimum atomic E-state index is -0.931. The van der Waals surface area contributed by atoms with E-state index in [1.54, 1.807) is 41.2 Å². The highest BCUT2D eigenvalue weighted by molar-refractivity contribution is 5.98. The SMILES string of the molecule is CCC(=O)N1CCC2(CC1)OCC(C(=O)NC(C)c1ccccc1)N2C(=O)c1ccc(OC)cc1. The van der Waals surface area contributed by atoms with Gasteiger partial charge in [-0.1, -0.05) is 37.3 Å². The quantitative estimate of drug-likeness (QED) is 0.688. The summed E-state index contributed by atoms with van der Waals surface area (Å²) in [6, 6.07) is 15.6. The Balaban J connectivity index is 1.59. The fourth-order valence-corrected chi connectivity index (χ4v) is 4.90. The molecule has 2 unspecified atom stereocenters. The van der Waals surface area contributed by atoms with E-state index in [1.807, 2.05) is 44.2 Å². The first-order chi connectivity index (χ1) is 16.9. The first-order valence-electron chi connectivity index (χ1n) is 12.1. The predicted molar refractivity (Wildman–Crippen MR) is 131 cm³/mol.